The van der Waals surface area contributed by atoms with Crippen LogP contribution < -0.4 is 0 Å². The smallest absolute Gasteiger partial charge is 0.410 e. The fourth-order valence-electron chi connectivity index (χ4n) is 3.37. The molecule has 6 nitrogen and oxygen atoms in total. The van der Waals surface area contributed by atoms with Crippen molar-refractivity contribution in [3.63, 3.8) is 0 Å². The molecule has 142 valence electrons. The second-order valence-corrected chi connectivity index (χ2v) is 8.97. The van der Waals surface area contributed by atoms with Crippen molar-refractivity contribution in [1.82, 2.24) is 4.90 Å². The van der Waals surface area contributed by atoms with Crippen molar-refractivity contribution in [3.8, 4) is 0 Å². The molecule has 2 rings (SSSR count). The molecule has 6 heteroatoms. The quantitative estimate of drug-likeness (QED) is 0.729. The summed E-state index contributed by atoms with van der Waals surface area (Å²) in [4.78, 5) is 37.7. The Morgan fingerprint density at radius 2 is 1.68 bits per heavy atom. The van der Waals surface area contributed by atoms with Crippen LogP contribution in [-0.4, -0.2) is 47.0 Å². The van der Waals surface area contributed by atoms with Crippen LogP contribution in [0.4, 0.5) is 4.79 Å². The standard InChI is InChI=1S/C19H31NO5/c1-12-9-14(21)7-8-15(12)16(22)24-19(5,6)13-10-20(11-13)17(23)25-18(2,3)4/h12-13,15H,7-11H2,1-6H3. The summed E-state index contributed by atoms with van der Waals surface area (Å²) < 4.78 is 11.1. The maximum absolute atomic E-state index is 12.5. The highest BCUT2D eigenvalue weighted by molar-refractivity contribution is 5.83. The van der Waals surface area contributed by atoms with Crippen LogP contribution in [0.1, 0.15) is 60.8 Å². The highest BCUT2D eigenvalue weighted by atomic mass is 16.6. The lowest BCUT2D eigenvalue weighted by Gasteiger charge is -2.47. The number of carbonyl (C=O) groups is 3. The van der Waals surface area contributed by atoms with E-state index in [1.165, 1.54) is 0 Å². The Morgan fingerprint density at radius 1 is 1.08 bits per heavy atom. The van der Waals surface area contributed by atoms with Crippen LogP contribution in [0.25, 0.3) is 0 Å². The summed E-state index contributed by atoms with van der Waals surface area (Å²) >= 11 is 0. The van der Waals surface area contributed by atoms with E-state index < -0.39 is 11.2 Å². The molecular formula is C19H31NO5. The molecule has 1 heterocycles. The summed E-state index contributed by atoms with van der Waals surface area (Å²) in [5.41, 5.74) is -1.16. The normalized spacial score (nSPS) is 25.4. The predicted octanol–water partition coefficient (Wildman–Crippen LogP) is 3.18. The van der Waals surface area contributed by atoms with Crippen LogP contribution in [0.15, 0.2) is 0 Å². The van der Waals surface area contributed by atoms with E-state index in [0.29, 0.717) is 32.4 Å². The third kappa shape index (κ3) is 4.95. The van der Waals surface area contributed by atoms with E-state index in [9.17, 15) is 14.4 Å². The number of Topliss-reactive ketones (excluding diaryl/α,β-unsaturated/α-hetero) is 1. The van der Waals surface area contributed by atoms with Gasteiger partial charge in [0, 0.05) is 31.8 Å². The van der Waals surface area contributed by atoms with Gasteiger partial charge in [-0.25, -0.2) is 4.79 Å². The van der Waals surface area contributed by atoms with Gasteiger partial charge in [-0.1, -0.05) is 6.92 Å². The van der Waals surface area contributed by atoms with Gasteiger partial charge in [0.1, 0.15) is 17.0 Å². The Hall–Kier alpha value is -1.59. The van der Waals surface area contributed by atoms with E-state index in [1.807, 2.05) is 41.5 Å². The zero-order valence-corrected chi connectivity index (χ0v) is 16.3. The molecule has 1 aliphatic carbocycles. The lowest BCUT2D eigenvalue weighted by molar-refractivity contribution is -0.175. The molecule has 2 aliphatic rings. The molecule has 2 fully saturated rings. The van der Waals surface area contributed by atoms with E-state index in [-0.39, 0.29) is 35.6 Å². The van der Waals surface area contributed by atoms with Crippen LogP contribution >= 0.6 is 0 Å². The Morgan fingerprint density at radius 3 is 2.20 bits per heavy atom. The van der Waals surface area contributed by atoms with Gasteiger partial charge in [-0.15, -0.1) is 0 Å². The number of ether oxygens (including phenoxy) is 2. The zero-order valence-electron chi connectivity index (χ0n) is 16.3. The van der Waals surface area contributed by atoms with Gasteiger partial charge in [0.05, 0.1) is 5.92 Å². The number of hydrogen-bond donors (Lipinski definition) is 0. The third-order valence-electron chi connectivity index (χ3n) is 5.15. The SMILES string of the molecule is CC1CC(=O)CCC1C(=O)OC(C)(C)C1CN(C(=O)OC(C)(C)C)C1. The summed E-state index contributed by atoms with van der Waals surface area (Å²) in [7, 11) is 0. The third-order valence-corrected chi connectivity index (χ3v) is 5.15. The fourth-order valence-corrected chi connectivity index (χ4v) is 3.37. The number of carbonyl (C=O) groups excluding carboxylic acids is 3. The summed E-state index contributed by atoms with van der Waals surface area (Å²) in [5.74, 6) is -0.0868. The number of nitrogens with zero attached hydrogens (tertiary/aromatic N) is 1. The van der Waals surface area contributed by atoms with Crippen molar-refractivity contribution in [2.45, 2.75) is 72.0 Å². The van der Waals surface area contributed by atoms with Gasteiger partial charge in [0.15, 0.2) is 0 Å². The van der Waals surface area contributed by atoms with Crippen LogP contribution in [-0.2, 0) is 19.1 Å². The molecule has 1 saturated heterocycles. The molecule has 0 bridgehead atoms. The number of esters is 1. The number of likely N-dealkylation sites (tertiary alicyclic amines) is 1. The zero-order chi connectivity index (χ0) is 19.0. The van der Waals surface area contributed by atoms with Gasteiger partial charge < -0.3 is 14.4 Å². The average Bonchev–Trinajstić information content (AvgIpc) is 2.32. The first kappa shape index (κ1) is 19.7. The van der Waals surface area contributed by atoms with Gasteiger partial charge in [-0.05, 0) is 47.0 Å². The highest BCUT2D eigenvalue weighted by Gasteiger charge is 2.46. The maximum Gasteiger partial charge on any atom is 0.410 e. The van der Waals surface area contributed by atoms with Gasteiger partial charge in [-0.2, -0.15) is 0 Å². The molecular weight excluding hydrogens is 322 g/mol. The lowest BCUT2D eigenvalue weighted by atomic mass is 9.79. The van der Waals surface area contributed by atoms with Gasteiger partial charge in [-0.3, -0.25) is 9.59 Å². The van der Waals surface area contributed by atoms with E-state index in [4.69, 9.17) is 9.47 Å². The minimum absolute atomic E-state index is 0.0317. The van der Waals surface area contributed by atoms with E-state index in [1.54, 1.807) is 4.90 Å². The molecule has 0 spiro atoms. The van der Waals surface area contributed by atoms with Crippen molar-refractivity contribution in [2.24, 2.45) is 17.8 Å². The largest absolute Gasteiger partial charge is 0.459 e. The summed E-state index contributed by atoms with van der Waals surface area (Å²) in [6, 6.07) is 0. The van der Waals surface area contributed by atoms with Crippen molar-refractivity contribution >= 4 is 17.8 Å². The predicted molar refractivity (Wildman–Crippen MR) is 93.0 cm³/mol. The Bertz CT molecular complexity index is 543. The number of hydrogen-bond acceptors (Lipinski definition) is 5. The van der Waals surface area contributed by atoms with Crippen molar-refractivity contribution < 1.29 is 23.9 Å². The van der Waals surface area contributed by atoms with E-state index in [2.05, 4.69) is 0 Å². The van der Waals surface area contributed by atoms with Gasteiger partial charge in [0.2, 0.25) is 0 Å². The van der Waals surface area contributed by atoms with Crippen molar-refractivity contribution in [3.05, 3.63) is 0 Å². The van der Waals surface area contributed by atoms with Gasteiger partial charge >= 0.3 is 12.1 Å². The highest BCUT2D eigenvalue weighted by Crippen LogP contribution is 2.35. The maximum atomic E-state index is 12.5. The van der Waals surface area contributed by atoms with E-state index >= 15 is 0 Å². The number of rotatable bonds is 3. The molecule has 0 aromatic rings. The monoisotopic (exact) mass is 353 g/mol. The molecule has 1 aliphatic heterocycles. The molecule has 0 radical (unpaired) electrons. The topological polar surface area (TPSA) is 72.9 Å². The molecule has 0 aromatic heterocycles. The first-order valence-corrected chi connectivity index (χ1v) is 9.11. The molecule has 2 atom stereocenters. The average molecular weight is 353 g/mol. The molecule has 25 heavy (non-hydrogen) atoms. The molecule has 0 aromatic carbocycles. The fraction of sp³-hybridized carbons (Fsp3) is 0.842. The molecule has 1 saturated carbocycles. The molecule has 2 unspecified atom stereocenters. The first-order valence-electron chi connectivity index (χ1n) is 9.11. The molecule has 1 amide bonds. The second kappa shape index (κ2) is 6.96. The first-order chi connectivity index (χ1) is 11.4. The van der Waals surface area contributed by atoms with Gasteiger partial charge in [0.25, 0.3) is 0 Å². The van der Waals surface area contributed by atoms with Crippen LogP contribution in [0.3, 0.4) is 0 Å². The summed E-state index contributed by atoms with van der Waals surface area (Å²) in [5, 5.41) is 0. The minimum atomic E-state index is -0.642. The molecule has 0 N–H and O–H groups in total. The number of ketones is 1. The second-order valence-electron chi connectivity index (χ2n) is 8.97. The van der Waals surface area contributed by atoms with Crippen LogP contribution in [0.2, 0.25) is 0 Å². The van der Waals surface area contributed by atoms with Crippen LogP contribution in [0.5, 0.6) is 0 Å². The van der Waals surface area contributed by atoms with E-state index in [0.717, 1.165) is 0 Å². The van der Waals surface area contributed by atoms with Crippen molar-refractivity contribution in [1.29, 1.82) is 0 Å². The Balaban J connectivity index is 1.85. The Kier molecular flexibility index (Phi) is 5.50. The van der Waals surface area contributed by atoms with Crippen molar-refractivity contribution in [2.75, 3.05) is 13.1 Å². The lowest BCUT2D eigenvalue weighted by Crippen LogP contribution is -2.59. The summed E-state index contributed by atoms with van der Waals surface area (Å²) in [6.45, 7) is 12.3. The summed E-state index contributed by atoms with van der Waals surface area (Å²) in [6.07, 6.45) is 1.16. The van der Waals surface area contributed by atoms with Crippen LogP contribution in [0, 0.1) is 17.8 Å². The Labute approximate surface area is 150 Å². The minimum Gasteiger partial charge on any atom is -0.459 e. The number of amides is 1.